The fourth-order valence-corrected chi connectivity index (χ4v) is 3.22. The molecule has 9 nitrogen and oxygen atoms in total. The lowest BCUT2D eigenvalue weighted by Crippen LogP contribution is -2.41. The molecule has 3 rings (SSSR count). The minimum absolute atomic E-state index is 0.213. The van der Waals surface area contributed by atoms with Crippen LogP contribution >= 0.6 is 0 Å². The summed E-state index contributed by atoms with van der Waals surface area (Å²) in [6.07, 6.45) is -0.931. The number of ether oxygens (including phenoxy) is 4. The number of methoxy groups -OCH3 is 3. The van der Waals surface area contributed by atoms with Gasteiger partial charge in [0.1, 0.15) is 17.7 Å². The minimum atomic E-state index is -0.931. The van der Waals surface area contributed by atoms with E-state index >= 15 is 0 Å². The van der Waals surface area contributed by atoms with E-state index in [-0.39, 0.29) is 11.5 Å². The Morgan fingerprint density at radius 3 is 1.54 bits per heavy atom. The molecule has 2 N–H and O–H groups in total. The largest absolute Gasteiger partial charge is 0.497 e. The molecule has 0 saturated heterocycles. The Hall–Kier alpha value is -4.53. The van der Waals surface area contributed by atoms with Crippen LogP contribution in [-0.4, -0.2) is 39.1 Å². The van der Waals surface area contributed by atoms with Crippen molar-refractivity contribution in [2.75, 3.05) is 21.3 Å². The first-order chi connectivity index (χ1) is 16.8. The SMILES string of the molecule is COc1ccc(C(=O)NC(NC(=O)c2ccc(OC)cc2)c2ccc(OC(C)=O)c(OC)c2)cc1. The van der Waals surface area contributed by atoms with E-state index in [9.17, 15) is 14.4 Å². The molecule has 0 aliphatic heterocycles. The summed E-state index contributed by atoms with van der Waals surface area (Å²) < 4.78 is 20.8. The van der Waals surface area contributed by atoms with Crippen LogP contribution in [0, 0.1) is 0 Å². The van der Waals surface area contributed by atoms with Gasteiger partial charge in [-0.2, -0.15) is 0 Å². The normalized spacial score (nSPS) is 10.3. The smallest absolute Gasteiger partial charge is 0.308 e. The van der Waals surface area contributed by atoms with E-state index in [1.165, 1.54) is 34.3 Å². The van der Waals surface area contributed by atoms with E-state index in [4.69, 9.17) is 18.9 Å². The van der Waals surface area contributed by atoms with Gasteiger partial charge in [0.25, 0.3) is 11.8 Å². The fraction of sp³-hybridized carbons (Fsp3) is 0.192. The van der Waals surface area contributed by atoms with Crippen LogP contribution in [0.25, 0.3) is 0 Å². The van der Waals surface area contributed by atoms with Crippen molar-refractivity contribution < 1.29 is 33.3 Å². The number of carbonyl (C=O) groups excluding carboxylic acids is 3. The monoisotopic (exact) mass is 478 g/mol. The third kappa shape index (κ3) is 6.50. The second-order valence-corrected chi connectivity index (χ2v) is 7.34. The number of amides is 2. The molecule has 0 fully saturated rings. The highest BCUT2D eigenvalue weighted by atomic mass is 16.6. The zero-order chi connectivity index (χ0) is 25.4. The number of hydrogen-bond acceptors (Lipinski definition) is 7. The number of nitrogens with one attached hydrogen (secondary N) is 2. The first kappa shape index (κ1) is 25.1. The molecule has 0 saturated carbocycles. The first-order valence-corrected chi connectivity index (χ1v) is 10.6. The summed E-state index contributed by atoms with van der Waals surface area (Å²) in [7, 11) is 4.49. The molecule has 0 radical (unpaired) electrons. The van der Waals surface area contributed by atoms with Crippen molar-refractivity contribution >= 4 is 17.8 Å². The minimum Gasteiger partial charge on any atom is -0.497 e. The zero-order valence-electron chi connectivity index (χ0n) is 19.8. The van der Waals surface area contributed by atoms with Crippen LogP contribution in [0.5, 0.6) is 23.0 Å². The molecule has 2 amide bonds. The molecule has 0 atom stereocenters. The van der Waals surface area contributed by atoms with Crippen LogP contribution in [-0.2, 0) is 4.79 Å². The van der Waals surface area contributed by atoms with Crippen molar-refractivity contribution in [1.29, 1.82) is 0 Å². The van der Waals surface area contributed by atoms with Crippen molar-refractivity contribution in [1.82, 2.24) is 10.6 Å². The Balaban J connectivity index is 1.91. The van der Waals surface area contributed by atoms with Gasteiger partial charge in [-0.25, -0.2) is 0 Å². The second-order valence-electron chi connectivity index (χ2n) is 7.34. The molecule has 3 aromatic rings. The Labute approximate surface area is 203 Å². The molecule has 182 valence electrons. The molecule has 0 aliphatic carbocycles. The van der Waals surface area contributed by atoms with Gasteiger partial charge in [0.05, 0.1) is 21.3 Å². The van der Waals surface area contributed by atoms with Crippen LogP contribution in [0.15, 0.2) is 66.7 Å². The summed E-state index contributed by atoms with van der Waals surface area (Å²) in [5, 5.41) is 5.64. The molecule has 0 heterocycles. The predicted octanol–water partition coefficient (Wildman–Crippen LogP) is 3.50. The van der Waals surface area contributed by atoms with Crippen molar-refractivity contribution in [2.24, 2.45) is 0 Å². The number of rotatable bonds is 9. The van der Waals surface area contributed by atoms with Gasteiger partial charge in [0, 0.05) is 18.1 Å². The number of esters is 1. The Morgan fingerprint density at radius 2 is 1.14 bits per heavy atom. The summed E-state index contributed by atoms with van der Waals surface area (Å²) >= 11 is 0. The Kier molecular flexibility index (Phi) is 8.29. The highest BCUT2D eigenvalue weighted by Gasteiger charge is 2.21. The van der Waals surface area contributed by atoms with Crippen LogP contribution in [0.4, 0.5) is 0 Å². The molecule has 0 unspecified atom stereocenters. The van der Waals surface area contributed by atoms with Crippen LogP contribution in [0.2, 0.25) is 0 Å². The maximum absolute atomic E-state index is 13.0. The van der Waals surface area contributed by atoms with Crippen molar-refractivity contribution in [3.63, 3.8) is 0 Å². The summed E-state index contributed by atoms with van der Waals surface area (Å²) in [4.78, 5) is 37.3. The maximum atomic E-state index is 13.0. The standard InChI is InChI=1S/C26H26N2O7/c1-16(29)35-22-14-9-19(15-23(22)34-4)24(27-25(30)17-5-10-20(32-2)11-6-17)28-26(31)18-7-12-21(33-3)13-8-18/h5-15,24H,1-4H3,(H,27,30)(H,28,31). The van der Waals surface area contributed by atoms with Crippen molar-refractivity contribution in [2.45, 2.75) is 13.1 Å². The molecule has 0 aliphatic rings. The van der Waals surface area contributed by atoms with Gasteiger partial charge in [-0.1, -0.05) is 6.07 Å². The van der Waals surface area contributed by atoms with Crippen molar-refractivity contribution in [3.8, 4) is 23.0 Å². The van der Waals surface area contributed by atoms with Gasteiger partial charge in [-0.15, -0.1) is 0 Å². The third-order valence-electron chi connectivity index (χ3n) is 5.03. The quantitative estimate of drug-likeness (QED) is 0.275. The number of hydrogen-bond donors (Lipinski definition) is 2. The summed E-state index contributed by atoms with van der Waals surface area (Å²) in [5.74, 6) is 0.346. The van der Waals surface area contributed by atoms with E-state index < -0.39 is 23.9 Å². The maximum Gasteiger partial charge on any atom is 0.308 e. The van der Waals surface area contributed by atoms with Gasteiger partial charge in [0.15, 0.2) is 11.5 Å². The van der Waals surface area contributed by atoms with Gasteiger partial charge in [-0.3, -0.25) is 14.4 Å². The van der Waals surface area contributed by atoms with E-state index in [0.29, 0.717) is 28.2 Å². The van der Waals surface area contributed by atoms with Gasteiger partial charge in [0.2, 0.25) is 0 Å². The zero-order valence-corrected chi connectivity index (χ0v) is 19.8. The van der Waals surface area contributed by atoms with Gasteiger partial charge in [-0.05, 0) is 66.2 Å². The molecule has 0 aromatic heterocycles. The Bertz CT molecular complexity index is 1130. The van der Waals surface area contributed by atoms with Crippen LogP contribution in [0.3, 0.4) is 0 Å². The lowest BCUT2D eigenvalue weighted by molar-refractivity contribution is -0.132. The molecule has 9 heteroatoms. The van der Waals surface area contributed by atoms with E-state index in [0.717, 1.165) is 0 Å². The Morgan fingerprint density at radius 1 is 0.657 bits per heavy atom. The van der Waals surface area contributed by atoms with Crippen LogP contribution < -0.4 is 29.6 Å². The summed E-state index contributed by atoms with van der Waals surface area (Å²) in [6, 6.07) is 17.8. The molecule has 0 spiro atoms. The van der Waals surface area contributed by atoms with E-state index in [2.05, 4.69) is 10.6 Å². The lowest BCUT2D eigenvalue weighted by atomic mass is 10.1. The second kappa shape index (κ2) is 11.6. The summed E-state index contributed by atoms with van der Waals surface area (Å²) in [5.41, 5.74) is 1.25. The topological polar surface area (TPSA) is 112 Å². The number of carbonyl (C=O) groups is 3. The van der Waals surface area contributed by atoms with Gasteiger partial charge >= 0.3 is 5.97 Å². The highest BCUT2D eigenvalue weighted by molar-refractivity contribution is 5.97. The van der Waals surface area contributed by atoms with Crippen LogP contribution in [0.1, 0.15) is 39.4 Å². The average molecular weight is 479 g/mol. The fourth-order valence-electron chi connectivity index (χ4n) is 3.22. The number of benzene rings is 3. The molecular formula is C26H26N2O7. The molecule has 35 heavy (non-hydrogen) atoms. The molecule has 3 aromatic carbocycles. The average Bonchev–Trinajstić information content (AvgIpc) is 2.88. The molecule has 0 bridgehead atoms. The summed E-state index contributed by atoms with van der Waals surface area (Å²) in [6.45, 7) is 1.28. The third-order valence-corrected chi connectivity index (χ3v) is 5.03. The van der Waals surface area contributed by atoms with Gasteiger partial charge < -0.3 is 29.6 Å². The first-order valence-electron chi connectivity index (χ1n) is 10.6. The van der Waals surface area contributed by atoms with E-state index in [1.54, 1.807) is 60.7 Å². The molecular weight excluding hydrogens is 452 g/mol. The highest BCUT2D eigenvalue weighted by Crippen LogP contribution is 2.30. The predicted molar refractivity (Wildman–Crippen MR) is 128 cm³/mol. The lowest BCUT2D eigenvalue weighted by Gasteiger charge is -2.22. The van der Waals surface area contributed by atoms with Crippen molar-refractivity contribution in [3.05, 3.63) is 83.4 Å². The van der Waals surface area contributed by atoms with E-state index in [1.807, 2.05) is 0 Å².